The van der Waals surface area contributed by atoms with Crippen molar-refractivity contribution in [1.29, 1.82) is 0 Å². The van der Waals surface area contributed by atoms with E-state index in [1.807, 2.05) is 53.1 Å². The van der Waals surface area contributed by atoms with Crippen molar-refractivity contribution in [1.82, 2.24) is 20.2 Å². The minimum atomic E-state index is -0.481. The number of thioether (sulfide) groups is 1. The number of benzene rings is 3. The highest BCUT2D eigenvalue weighted by Crippen LogP contribution is 2.29. The number of aromatic nitrogens is 3. The molecule has 0 unspecified atom stereocenters. The second-order valence-electron chi connectivity index (χ2n) is 7.90. The Labute approximate surface area is 222 Å². The number of hydrazone groups is 1. The van der Waals surface area contributed by atoms with Gasteiger partial charge >= 0.3 is 0 Å². The molecule has 0 aliphatic rings. The van der Waals surface area contributed by atoms with Crippen LogP contribution >= 0.6 is 11.8 Å². The third-order valence-corrected chi connectivity index (χ3v) is 6.40. The smallest absolute Gasteiger partial charge is 0.270 e. The Kier molecular flexibility index (Phi) is 8.34. The quantitative estimate of drug-likeness (QED) is 0.137. The molecule has 12 heteroatoms. The Morgan fingerprint density at radius 1 is 1.03 bits per heavy atom. The predicted molar refractivity (Wildman–Crippen MR) is 144 cm³/mol. The molecule has 1 amide bonds. The molecule has 1 heterocycles. The lowest BCUT2D eigenvalue weighted by Crippen LogP contribution is -2.21. The van der Waals surface area contributed by atoms with Crippen molar-refractivity contribution in [2.75, 3.05) is 20.0 Å². The van der Waals surface area contributed by atoms with Gasteiger partial charge in [-0.25, -0.2) is 5.43 Å². The number of non-ortho nitro benzene ring substituents is 1. The van der Waals surface area contributed by atoms with E-state index in [1.165, 1.54) is 23.9 Å². The summed E-state index contributed by atoms with van der Waals surface area (Å²) in [6, 6.07) is 20.9. The molecular weight excluding hydrogens is 508 g/mol. The molecule has 4 aromatic rings. The molecule has 0 fully saturated rings. The van der Waals surface area contributed by atoms with Gasteiger partial charge in [0.25, 0.3) is 11.6 Å². The van der Waals surface area contributed by atoms with Crippen LogP contribution in [0.4, 0.5) is 5.69 Å². The van der Waals surface area contributed by atoms with E-state index in [-0.39, 0.29) is 17.3 Å². The monoisotopic (exact) mass is 532 g/mol. The number of rotatable bonds is 10. The van der Waals surface area contributed by atoms with Crippen molar-refractivity contribution in [3.8, 4) is 28.6 Å². The first-order valence-corrected chi connectivity index (χ1v) is 12.3. The molecule has 0 radical (unpaired) electrons. The standard InChI is InChI=1S/C26H24N6O5S/c1-17(19-5-4-6-21(15-19)32(34)35)27-28-24(33)16-38-26-30-29-25(18-7-11-22(36-2)12-8-18)31(26)20-9-13-23(37-3)14-10-20/h4-15H,16H2,1-3H3,(H,28,33)/b27-17-. The van der Waals surface area contributed by atoms with E-state index in [0.717, 1.165) is 17.0 Å². The number of nitro benzene ring substituents is 1. The normalized spacial score (nSPS) is 11.2. The van der Waals surface area contributed by atoms with Crippen molar-refractivity contribution in [3.63, 3.8) is 0 Å². The molecule has 3 aromatic carbocycles. The van der Waals surface area contributed by atoms with Crippen molar-refractivity contribution < 1.29 is 19.2 Å². The molecular formula is C26H24N6O5S. The van der Waals surface area contributed by atoms with Crippen LogP contribution in [0.3, 0.4) is 0 Å². The molecule has 0 atom stereocenters. The first kappa shape index (κ1) is 26.4. The summed E-state index contributed by atoms with van der Waals surface area (Å²) in [6.45, 7) is 1.66. The van der Waals surface area contributed by atoms with Gasteiger partial charge in [-0.15, -0.1) is 10.2 Å². The minimum Gasteiger partial charge on any atom is -0.497 e. The number of carbonyl (C=O) groups excluding carboxylic acids is 1. The minimum absolute atomic E-state index is 0.0165. The van der Waals surface area contributed by atoms with Crippen LogP contribution in [0, 0.1) is 10.1 Å². The lowest BCUT2D eigenvalue weighted by molar-refractivity contribution is -0.384. The fourth-order valence-corrected chi connectivity index (χ4v) is 4.22. The highest BCUT2D eigenvalue weighted by atomic mass is 32.2. The van der Waals surface area contributed by atoms with Gasteiger partial charge in [0.1, 0.15) is 11.5 Å². The fraction of sp³-hybridized carbons (Fsp3) is 0.154. The van der Waals surface area contributed by atoms with Crippen molar-refractivity contribution in [2.45, 2.75) is 12.1 Å². The summed E-state index contributed by atoms with van der Waals surface area (Å²) in [6.07, 6.45) is 0. The zero-order valence-corrected chi connectivity index (χ0v) is 21.6. The lowest BCUT2D eigenvalue weighted by Gasteiger charge is -2.11. The summed E-state index contributed by atoms with van der Waals surface area (Å²) in [5.74, 6) is 1.67. The first-order chi connectivity index (χ1) is 18.4. The summed E-state index contributed by atoms with van der Waals surface area (Å²) in [7, 11) is 3.20. The average molecular weight is 533 g/mol. The van der Waals surface area contributed by atoms with Crippen molar-refractivity contribution in [2.24, 2.45) is 5.10 Å². The van der Waals surface area contributed by atoms with Crippen LogP contribution in [-0.4, -0.2) is 51.3 Å². The van der Waals surface area contributed by atoms with Gasteiger partial charge < -0.3 is 9.47 Å². The van der Waals surface area contributed by atoms with Gasteiger partial charge in [-0.05, 0) is 55.5 Å². The third-order valence-electron chi connectivity index (χ3n) is 5.47. The number of nitrogens with one attached hydrogen (secondary N) is 1. The van der Waals surface area contributed by atoms with E-state index < -0.39 is 4.92 Å². The molecule has 0 saturated heterocycles. The van der Waals surface area contributed by atoms with E-state index in [1.54, 1.807) is 33.3 Å². The maximum atomic E-state index is 12.6. The van der Waals surface area contributed by atoms with E-state index in [2.05, 4.69) is 20.7 Å². The maximum absolute atomic E-state index is 12.6. The van der Waals surface area contributed by atoms with Crippen molar-refractivity contribution in [3.05, 3.63) is 88.5 Å². The molecule has 0 aliphatic carbocycles. The molecule has 1 N–H and O–H groups in total. The summed E-state index contributed by atoms with van der Waals surface area (Å²) in [5.41, 5.74) is 5.04. The third kappa shape index (κ3) is 6.16. The Morgan fingerprint density at radius 3 is 2.32 bits per heavy atom. The van der Waals surface area contributed by atoms with Gasteiger partial charge in [0.15, 0.2) is 11.0 Å². The summed E-state index contributed by atoms with van der Waals surface area (Å²) >= 11 is 1.20. The largest absolute Gasteiger partial charge is 0.497 e. The van der Waals surface area contributed by atoms with Gasteiger partial charge in [0.05, 0.1) is 30.6 Å². The highest BCUT2D eigenvalue weighted by Gasteiger charge is 2.18. The number of carbonyl (C=O) groups is 1. The predicted octanol–water partition coefficient (Wildman–Crippen LogP) is 4.49. The van der Waals surface area contributed by atoms with Gasteiger partial charge in [-0.3, -0.25) is 19.5 Å². The van der Waals surface area contributed by atoms with Crippen LogP contribution in [0.25, 0.3) is 17.1 Å². The number of hydrogen-bond donors (Lipinski definition) is 1. The molecule has 1 aromatic heterocycles. The Bertz CT molecular complexity index is 1470. The number of hydrogen-bond acceptors (Lipinski definition) is 9. The number of nitrogens with zero attached hydrogens (tertiary/aromatic N) is 5. The summed E-state index contributed by atoms with van der Waals surface area (Å²) < 4.78 is 12.4. The molecule has 0 aliphatic heterocycles. The Balaban J connectivity index is 1.53. The number of amides is 1. The zero-order chi connectivity index (χ0) is 27.1. The molecule has 194 valence electrons. The van der Waals surface area contributed by atoms with Crippen LogP contribution in [0.5, 0.6) is 11.5 Å². The van der Waals surface area contributed by atoms with Crippen LogP contribution in [0.15, 0.2) is 83.1 Å². The topological polar surface area (TPSA) is 134 Å². The van der Waals surface area contributed by atoms with E-state index in [0.29, 0.717) is 28.0 Å². The summed E-state index contributed by atoms with van der Waals surface area (Å²) in [4.78, 5) is 23.1. The van der Waals surface area contributed by atoms with E-state index >= 15 is 0 Å². The van der Waals surface area contributed by atoms with Gasteiger partial charge in [-0.1, -0.05) is 23.9 Å². The van der Waals surface area contributed by atoms with E-state index in [4.69, 9.17) is 9.47 Å². The SMILES string of the molecule is COc1ccc(-c2nnc(SCC(=O)N/N=C(/C)c3cccc([N+](=O)[O-])c3)n2-c2ccc(OC)cc2)cc1. The molecule has 11 nitrogen and oxygen atoms in total. The van der Waals surface area contributed by atoms with Gasteiger partial charge in [-0.2, -0.15) is 5.10 Å². The van der Waals surface area contributed by atoms with Gasteiger partial charge in [0, 0.05) is 28.9 Å². The van der Waals surface area contributed by atoms with Crippen LogP contribution in [0.2, 0.25) is 0 Å². The van der Waals surface area contributed by atoms with E-state index in [9.17, 15) is 14.9 Å². The average Bonchev–Trinajstić information content (AvgIpc) is 3.38. The summed E-state index contributed by atoms with van der Waals surface area (Å²) in [5, 5.41) is 24.3. The lowest BCUT2D eigenvalue weighted by atomic mass is 10.1. The highest BCUT2D eigenvalue weighted by molar-refractivity contribution is 7.99. The number of ether oxygens (including phenoxy) is 2. The fourth-order valence-electron chi connectivity index (χ4n) is 3.47. The Morgan fingerprint density at radius 2 is 1.68 bits per heavy atom. The van der Waals surface area contributed by atoms with Crippen LogP contribution in [-0.2, 0) is 4.79 Å². The number of nitro groups is 1. The maximum Gasteiger partial charge on any atom is 0.270 e. The molecule has 38 heavy (non-hydrogen) atoms. The first-order valence-electron chi connectivity index (χ1n) is 11.3. The van der Waals surface area contributed by atoms with Crippen LogP contribution < -0.4 is 14.9 Å². The molecule has 4 rings (SSSR count). The second kappa shape index (κ2) is 12.0. The second-order valence-corrected chi connectivity index (χ2v) is 8.84. The molecule has 0 bridgehead atoms. The Hall–Kier alpha value is -4.71. The number of methoxy groups -OCH3 is 2. The van der Waals surface area contributed by atoms with Crippen molar-refractivity contribution >= 4 is 29.1 Å². The van der Waals surface area contributed by atoms with Crippen LogP contribution in [0.1, 0.15) is 12.5 Å². The molecule has 0 spiro atoms. The molecule has 0 saturated carbocycles. The zero-order valence-electron chi connectivity index (χ0n) is 20.8. The van der Waals surface area contributed by atoms with Gasteiger partial charge in [0.2, 0.25) is 0 Å².